The first kappa shape index (κ1) is 16.9. The predicted molar refractivity (Wildman–Crippen MR) is 99.7 cm³/mol. The maximum Gasteiger partial charge on any atom is 0.148 e. The van der Waals surface area contributed by atoms with Crippen LogP contribution in [-0.2, 0) is 0 Å². The smallest absolute Gasteiger partial charge is 0.0693 e. The summed E-state index contributed by atoms with van der Waals surface area (Å²) < 4.78 is 0. The van der Waals surface area contributed by atoms with Gasteiger partial charge in [-0.1, -0.05) is 85.7 Å². The van der Waals surface area contributed by atoms with Crippen molar-refractivity contribution < 1.29 is 0 Å². The number of hydrogen-bond donors (Lipinski definition) is 0. The van der Waals surface area contributed by atoms with Crippen LogP contribution in [0.3, 0.4) is 0 Å². The molecular weight excluding hydrogens is 263 g/mol. The van der Waals surface area contributed by atoms with Crippen LogP contribution < -0.4 is 0 Å². The van der Waals surface area contributed by atoms with Gasteiger partial charge in [-0.15, -0.1) is 0 Å². The molecule has 0 aromatic carbocycles. The predicted octanol–water partition coefficient (Wildman–Crippen LogP) is 6.79. The number of hydrogen-bond acceptors (Lipinski definition) is 0. The zero-order chi connectivity index (χ0) is 16.4. The van der Waals surface area contributed by atoms with Gasteiger partial charge in [0.15, 0.2) is 0 Å². The van der Waals surface area contributed by atoms with E-state index in [0.29, 0.717) is 10.8 Å². The summed E-state index contributed by atoms with van der Waals surface area (Å²) in [6, 6.07) is 0. The Morgan fingerprint density at radius 3 is 2.00 bits per heavy atom. The monoisotopic (exact) mass is 302 g/mol. The van der Waals surface area contributed by atoms with Gasteiger partial charge in [0, 0.05) is 0 Å². The highest BCUT2D eigenvalue weighted by atomic mass is 14.7. The van der Waals surface area contributed by atoms with Crippen LogP contribution in [0.5, 0.6) is 0 Å². The molecule has 1 heteroatoms. The highest BCUT2D eigenvalue weighted by molar-refractivity contribution is 6.63. The van der Waals surface area contributed by atoms with Crippen molar-refractivity contribution in [1.82, 2.24) is 0 Å². The molecule has 0 N–H and O–H groups in total. The van der Waals surface area contributed by atoms with Crippen LogP contribution in [0, 0.1) is 34.5 Å². The Hall–Kier alpha value is 0.0649. The molecule has 126 valence electrons. The molecule has 0 heterocycles. The topological polar surface area (TPSA) is 0 Å². The molecule has 4 aliphatic carbocycles. The Labute approximate surface area is 140 Å². The summed E-state index contributed by atoms with van der Waals surface area (Å²) in [5, 5.41) is 0. The molecule has 0 nitrogen and oxygen atoms in total. The molecular formula is C21H39B. The van der Waals surface area contributed by atoms with E-state index in [-0.39, 0.29) is 0 Å². The molecule has 6 atom stereocenters. The van der Waals surface area contributed by atoms with E-state index in [1.807, 2.05) is 0 Å². The fourth-order valence-electron chi connectivity index (χ4n) is 8.06. The lowest BCUT2D eigenvalue weighted by atomic mass is 9.20. The minimum absolute atomic E-state index is 0.593. The average molecular weight is 302 g/mol. The SMILES string of the molecule is CC(C)B(C(C)C)C1C[C@@H]2[C@@H]3C([C@@H]1C)C2(C)CCCC3(C)C. The largest absolute Gasteiger partial charge is 0.148 e. The van der Waals surface area contributed by atoms with Crippen molar-refractivity contribution >= 4 is 6.71 Å². The fraction of sp³-hybridized carbons (Fsp3) is 1.00. The lowest BCUT2D eigenvalue weighted by molar-refractivity contribution is -0.206. The van der Waals surface area contributed by atoms with E-state index in [1.54, 1.807) is 0 Å². The second-order valence-electron chi connectivity index (χ2n) is 10.8. The summed E-state index contributed by atoms with van der Waals surface area (Å²) >= 11 is 0. The second kappa shape index (κ2) is 5.28. The van der Waals surface area contributed by atoms with Crippen LogP contribution in [0.1, 0.15) is 81.1 Å². The van der Waals surface area contributed by atoms with E-state index in [0.717, 1.165) is 47.8 Å². The molecule has 0 aliphatic heterocycles. The third kappa shape index (κ3) is 2.16. The van der Waals surface area contributed by atoms with Gasteiger partial charge in [-0.3, -0.25) is 0 Å². The van der Waals surface area contributed by atoms with Gasteiger partial charge in [-0.2, -0.15) is 0 Å². The summed E-state index contributed by atoms with van der Waals surface area (Å²) in [7, 11) is 0. The Morgan fingerprint density at radius 1 is 0.909 bits per heavy atom. The first-order valence-electron chi connectivity index (χ1n) is 10.1. The second-order valence-corrected chi connectivity index (χ2v) is 10.8. The summed E-state index contributed by atoms with van der Waals surface area (Å²) in [6.07, 6.45) is 5.98. The molecule has 0 radical (unpaired) electrons. The van der Waals surface area contributed by atoms with Crippen LogP contribution in [0.4, 0.5) is 0 Å². The quantitative estimate of drug-likeness (QED) is 0.503. The van der Waals surface area contributed by atoms with Gasteiger partial charge >= 0.3 is 0 Å². The molecule has 0 aromatic heterocycles. The van der Waals surface area contributed by atoms with Crippen LogP contribution in [0.2, 0.25) is 17.5 Å². The van der Waals surface area contributed by atoms with Gasteiger partial charge in [0.05, 0.1) is 0 Å². The molecule has 4 bridgehead atoms. The summed E-state index contributed by atoms with van der Waals surface area (Å²) in [4.78, 5) is 0. The van der Waals surface area contributed by atoms with Crippen LogP contribution in [0.25, 0.3) is 0 Å². The van der Waals surface area contributed by atoms with Crippen molar-refractivity contribution in [3.05, 3.63) is 0 Å². The molecule has 3 unspecified atom stereocenters. The van der Waals surface area contributed by atoms with E-state index in [2.05, 4.69) is 55.4 Å². The molecule has 22 heavy (non-hydrogen) atoms. The van der Waals surface area contributed by atoms with Crippen molar-refractivity contribution in [2.75, 3.05) is 0 Å². The zero-order valence-corrected chi connectivity index (χ0v) is 16.4. The molecule has 0 spiro atoms. The molecule has 0 aromatic rings. The van der Waals surface area contributed by atoms with Crippen LogP contribution in [-0.4, -0.2) is 6.71 Å². The maximum atomic E-state index is 2.66. The molecule has 0 amide bonds. The normalized spacial score (nSPS) is 46.4. The highest BCUT2D eigenvalue weighted by Gasteiger charge is 2.69. The summed E-state index contributed by atoms with van der Waals surface area (Å²) in [5.74, 6) is 6.65. The molecule has 4 fully saturated rings. The van der Waals surface area contributed by atoms with Gasteiger partial charge in [0.1, 0.15) is 6.71 Å². The van der Waals surface area contributed by atoms with Gasteiger partial charge in [0.2, 0.25) is 0 Å². The zero-order valence-electron chi connectivity index (χ0n) is 16.4. The standard InChI is InChI=1S/C21H39B/c1-13(2)22(14(3)4)17-12-16-19-18(15(17)5)21(16,8)11-9-10-20(19,6)7/h13-19H,9-12H2,1-8H3/t15-,16-,17?,18?,19-,21?/m1/s1. The first-order chi connectivity index (χ1) is 10.1. The highest BCUT2D eigenvalue weighted by Crippen LogP contribution is 2.76. The Morgan fingerprint density at radius 2 is 1.50 bits per heavy atom. The average Bonchev–Trinajstić information content (AvgIpc) is 2.54. The molecule has 4 rings (SSSR count). The number of fused-ring (bicyclic) bond motifs is 2. The van der Waals surface area contributed by atoms with Gasteiger partial charge in [-0.05, 0) is 47.3 Å². The van der Waals surface area contributed by atoms with E-state index in [4.69, 9.17) is 0 Å². The minimum atomic E-state index is 0.593. The number of rotatable bonds is 3. The van der Waals surface area contributed by atoms with E-state index >= 15 is 0 Å². The third-order valence-corrected chi connectivity index (χ3v) is 8.67. The Bertz CT molecular complexity index is 416. The van der Waals surface area contributed by atoms with Gasteiger partial charge in [0.25, 0.3) is 0 Å². The van der Waals surface area contributed by atoms with Crippen LogP contribution in [0.15, 0.2) is 0 Å². The van der Waals surface area contributed by atoms with Crippen molar-refractivity contribution in [2.45, 2.75) is 98.5 Å². The Kier molecular flexibility index (Phi) is 4.06. The molecule has 4 saturated carbocycles. The molecule has 4 aliphatic rings. The first-order valence-corrected chi connectivity index (χ1v) is 10.1. The van der Waals surface area contributed by atoms with Crippen molar-refractivity contribution in [3.63, 3.8) is 0 Å². The third-order valence-electron chi connectivity index (χ3n) is 8.67. The van der Waals surface area contributed by atoms with E-state index < -0.39 is 0 Å². The Balaban J connectivity index is 1.90. The van der Waals surface area contributed by atoms with Gasteiger partial charge < -0.3 is 0 Å². The maximum absolute atomic E-state index is 2.66. The molecule has 0 saturated heterocycles. The fourth-order valence-corrected chi connectivity index (χ4v) is 8.06. The van der Waals surface area contributed by atoms with Crippen molar-refractivity contribution in [1.29, 1.82) is 0 Å². The summed E-state index contributed by atoms with van der Waals surface area (Å²) in [5.41, 5.74) is 1.28. The minimum Gasteiger partial charge on any atom is -0.0693 e. The summed E-state index contributed by atoms with van der Waals surface area (Å²) in [6.45, 7) is 21.3. The lowest BCUT2D eigenvalue weighted by Crippen LogP contribution is -2.65. The van der Waals surface area contributed by atoms with Gasteiger partial charge in [-0.25, -0.2) is 0 Å². The lowest BCUT2D eigenvalue weighted by Gasteiger charge is -2.71. The van der Waals surface area contributed by atoms with E-state index in [9.17, 15) is 0 Å². The van der Waals surface area contributed by atoms with Crippen LogP contribution >= 0.6 is 0 Å². The van der Waals surface area contributed by atoms with E-state index in [1.165, 1.54) is 25.7 Å². The van der Waals surface area contributed by atoms with Crippen molar-refractivity contribution in [3.8, 4) is 0 Å². The van der Waals surface area contributed by atoms with Crippen molar-refractivity contribution in [2.24, 2.45) is 34.5 Å².